The monoisotopic (exact) mass is 447 g/mol. The van der Waals surface area contributed by atoms with Gasteiger partial charge in [0.05, 0.1) is 16.6 Å². The molecular weight excluding hydrogens is 430 g/mol. The first kappa shape index (κ1) is 20.7. The molecule has 5 aromatic rings. The summed E-state index contributed by atoms with van der Waals surface area (Å²) in [6, 6.07) is 18.0. The third-order valence-corrected chi connectivity index (χ3v) is 4.86. The maximum Gasteiger partial charge on any atom is 0.277 e. The minimum atomic E-state index is -0.474. The molecule has 2 aromatic carbocycles. The number of carbonyl (C=O) groups is 2. The van der Waals surface area contributed by atoms with Crippen molar-refractivity contribution in [3.8, 4) is 11.8 Å². The molecule has 3 aromatic heterocycles. The number of nitrogens with zero attached hydrogens (tertiary/aromatic N) is 3. The number of nitrogens with one attached hydrogen (secondary N) is 4. The summed E-state index contributed by atoms with van der Waals surface area (Å²) in [6.45, 7) is 0. The zero-order valence-corrected chi connectivity index (χ0v) is 17.7. The highest BCUT2D eigenvalue weighted by Gasteiger charge is 2.17. The Morgan fingerprint density at radius 2 is 1.65 bits per heavy atom. The Labute approximate surface area is 193 Å². The first-order chi connectivity index (χ1) is 16.7. The number of pyridine rings is 1. The molecule has 9 nitrogen and oxygen atoms in total. The van der Waals surface area contributed by atoms with Gasteiger partial charge in [0.25, 0.3) is 11.8 Å². The second-order valence-electron chi connectivity index (χ2n) is 7.15. The Morgan fingerprint density at radius 1 is 0.794 bits per heavy atom. The van der Waals surface area contributed by atoms with E-state index < -0.39 is 5.91 Å². The van der Waals surface area contributed by atoms with E-state index in [1.54, 1.807) is 36.5 Å². The van der Waals surface area contributed by atoms with Crippen molar-refractivity contribution < 1.29 is 9.59 Å². The van der Waals surface area contributed by atoms with Gasteiger partial charge in [-0.15, -0.1) is 0 Å². The lowest BCUT2D eigenvalue weighted by atomic mass is 10.1. The highest BCUT2D eigenvalue weighted by molar-refractivity contribution is 6.11. The van der Waals surface area contributed by atoms with E-state index in [1.807, 2.05) is 30.3 Å². The summed E-state index contributed by atoms with van der Waals surface area (Å²) in [4.78, 5) is 44.1. The number of imidazole rings is 2. The topological polar surface area (TPSA) is 128 Å². The number of H-pyrrole nitrogens is 2. The fraction of sp³-hybridized carbons (Fsp3) is 0. The van der Waals surface area contributed by atoms with Crippen LogP contribution in [-0.4, -0.2) is 36.7 Å². The minimum Gasteiger partial charge on any atom is -0.331 e. The van der Waals surface area contributed by atoms with Gasteiger partial charge in [0, 0.05) is 24.2 Å². The summed E-state index contributed by atoms with van der Waals surface area (Å²) >= 11 is 0. The highest BCUT2D eigenvalue weighted by atomic mass is 16.2. The Balaban J connectivity index is 1.40. The Morgan fingerprint density at radius 3 is 2.47 bits per heavy atom. The van der Waals surface area contributed by atoms with Crippen molar-refractivity contribution in [1.82, 2.24) is 24.9 Å². The van der Waals surface area contributed by atoms with Gasteiger partial charge in [0.1, 0.15) is 11.2 Å². The van der Waals surface area contributed by atoms with Crippen LogP contribution in [0.2, 0.25) is 0 Å². The number of benzene rings is 2. The molecule has 34 heavy (non-hydrogen) atoms. The molecule has 0 fully saturated rings. The average molecular weight is 447 g/mol. The van der Waals surface area contributed by atoms with E-state index in [4.69, 9.17) is 0 Å². The number of hydrogen-bond donors (Lipinski definition) is 4. The van der Waals surface area contributed by atoms with Crippen LogP contribution in [0, 0.1) is 11.8 Å². The summed E-state index contributed by atoms with van der Waals surface area (Å²) in [6.07, 6.45) is 4.67. The fourth-order valence-corrected chi connectivity index (χ4v) is 3.30. The predicted octanol–water partition coefficient (Wildman–Crippen LogP) is 3.59. The van der Waals surface area contributed by atoms with Gasteiger partial charge in [-0.1, -0.05) is 36.1 Å². The first-order valence-electron chi connectivity index (χ1n) is 10.3. The normalized spacial score (nSPS) is 10.4. The van der Waals surface area contributed by atoms with E-state index in [-0.39, 0.29) is 17.5 Å². The van der Waals surface area contributed by atoms with Gasteiger partial charge in [-0.25, -0.2) is 15.0 Å². The molecule has 0 saturated carbocycles. The Kier molecular flexibility index (Phi) is 5.53. The van der Waals surface area contributed by atoms with Gasteiger partial charge in [-0.05, 0) is 36.4 Å². The van der Waals surface area contributed by atoms with Crippen LogP contribution in [-0.2, 0) is 0 Å². The van der Waals surface area contributed by atoms with Crippen molar-refractivity contribution in [3.05, 3.63) is 102 Å². The van der Waals surface area contributed by atoms with E-state index in [0.29, 0.717) is 28.1 Å². The molecule has 5 rings (SSSR count). The van der Waals surface area contributed by atoms with Crippen molar-refractivity contribution in [2.45, 2.75) is 0 Å². The largest absolute Gasteiger partial charge is 0.331 e. The quantitative estimate of drug-likeness (QED) is 0.313. The lowest BCUT2D eigenvalue weighted by Crippen LogP contribution is -2.16. The Bertz CT molecular complexity index is 1540. The molecule has 0 saturated heterocycles. The van der Waals surface area contributed by atoms with E-state index in [9.17, 15) is 9.59 Å². The average Bonchev–Trinajstić information content (AvgIpc) is 3.52. The SMILES string of the molecule is O=C(Nc1nc2c(C(=O)Nc3ncc[nH]3)cccc2[nH]1)c1ncccc1C#Cc1ccccc1. The van der Waals surface area contributed by atoms with Gasteiger partial charge in [0.2, 0.25) is 11.9 Å². The number of rotatable bonds is 4. The van der Waals surface area contributed by atoms with Crippen molar-refractivity contribution in [2.24, 2.45) is 0 Å². The summed E-state index contributed by atoms with van der Waals surface area (Å²) < 4.78 is 0. The summed E-state index contributed by atoms with van der Waals surface area (Å²) in [5.74, 6) is 5.69. The van der Waals surface area contributed by atoms with Crippen LogP contribution in [0.15, 0.2) is 79.3 Å². The van der Waals surface area contributed by atoms with Gasteiger partial charge in [-0.3, -0.25) is 20.2 Å². The molecule has 0 bridgehead atoms. The zero-order valence-electron chi connectivity index (χ0n) is 17.7. The lowest BCUT2D eigenvalue weighted by molar-refractivity contribution is 0.101. The molecule has 2 amide bonds. The summed E-state index contributed by atoms with van der Waals surface area (Å²) in [5.41, 5.74) is 2.81. The maximum atomic E-state index is 13.0. The number of anilines is 2. The van der Waals surface area contributed by atoms with Crippen LogP contribution >= 0.6 is 0 Å². The van der Waals surface area contributed by atoms with Crippen LogP contribution in [0.5, 0.6) is 0 Å². The molecule has 9 heteroatoms. The molecule has 0 unspecified atom stereocenters. The van der Waals surface area contributed by atoms with Crippen LogP contribution in [0.1, 0.15) is 32.0 Å². The lowest BCUT2D eigenvalue weighted by Gasteiger charge is -2.03. The number of fused-ring (bicyclic) bond motifs is 1. The smallest absolute Gasteiger partial charge is 0.277 e. The summed E-state index contributed by atoms with van der Waals surface area (Å²) in [5, 5.41) is 5.38. The third-order valence-electron chi connectivity index (χ3n) is 4.86. The minimum absolute atomic E-state index is 0.169. The Hall–Kier alpha value is -5.23. The fourth-order valence-electron chi connectivity index (χ4n) is 3.30. The standard InChI is InChI=1S/C25H17N7O2/c33-22(31-24-27-14-15-28-24)18-9-4-10-19-21(18)30-25(29-19)32-23(34)20-17(8-5-13-26-20)12-11-16-6-2-1-3-7-16/h1-10,13-15H,(H2,27,28,31,33)(H2,29,30,32,34). The molecule has 0 radical (unpaired) electrons. The van der Waals surface area contributed by atoms with Crippen molar-refractivity contribution in [2.75, 3.05) is 10.6 Å². The van der Waals surface area contributed by atoms with Crippen molar-refractivity contribution in [3.63, 3.8) is 0 Å². The maximum absolute atomic E-state index is 13.0. The first-order valence-corrected chi connectivity index (χ1v) is 10.3. The molecule has 0 atom stereocenters. The van der Waals surface area contributed by atoms with Gasteiger partial charge in [-0.2, -0.15) is 0 Å². The number of hydrogen-bond acceptors (Lipinski definition) is 5. The van der Waals surface area contributed by atoms with E-state index in [0.717, 1.165) is 5.56 Å². The second kappa shape index (κ2) is 9.10. The molecule has 0 aliphatic carbocycles. The molecule has 0 spiro atoms. The summed E-state index contributed by atoms with van der Waals surface area (Å²) in [7, 11) is 0. The molecule has 4 N–H and O–H groups in total. The van der Waals surface area contributed by atoms with Gasteiger partial charge in [0.15, 0.2) is 0 Å². The van der Waals surface area contributed by atoms with E-state index in [2.05, 4.69) is 47.4 Å². The zero-order chi connectivity index (χ0) is 23.3. The number of para-hydroxylation sites is 1. The van der Waals surface area contributed by atoms with Crippen molar-refractivity contribution in [1.29, 1.82) is 0 Å². The van der Waals surface area contributed by atoms with E-state index in [1.165, 1.54) is 12.4 Å². The predicted molar refractivity (Wildman–Crippen MR) is 127 cm³/mol. The van der Waals surface area contributed by atoms with Crippen molar-refractivity contribution >= 4 is 34.7 Å². The molecule has 0 aliphatic rings. The number of aromatic nitrogens is 5. The van der Waals surface area contributed by atoms with Crippen LogP contribution in [0.4, 0.5) is 11.9 Å². The highest BCUT2D eigenvalue weighted by Crippen LogP contribution is 2.20. The van der Waals surface area contributed by atoms with Gasteiger partial charge >= 0.3 is 0 Å². The van der Waals surface area contributed by atoms with Crippen LogP contribution in [0.25, 0.3) is 11.0 Å². The van der Waals surface area contributed by atoms with E-state index >= 15 is 0 Å². The third kappa shape index (κ3) is 4.37. The number of amides is 2. The molecule has 3 heterocycles. The van der Waals surface area contributed by atoms with Gasteiger partial charge < -0.3 is 9.97 Å². The van der Waals surface area contributed by atoms with Crippen LogP contribution < -0.4 is 10.6 Å². The molecular formula is C25H17N7O2. The number of aromatic amines is 2. The second-order valence-corrected chi connectivity index (χ2v) is 7.15. The molecule has 164 valence electrons. The number of carbonyl (C=O) groups excluding carboxylic acids is 2. The van der Waals surface area contributed by atoms with Crippen LogP contribution in [0.3, 0.4) is 0 Å². The molecule has 0 aliphatic heterocycles.